The van der Waals surface area contributed by atoms with E-state index in [-0.39, 0.29) is 11.5 Å². The molecule has 2 aromatic heterocycles. The molecule has 24 heavy (non-hydrogen) atoms. The highest BCUT2D eigenvalue weighted by Gasteiger charge is 2.18. The number of thiazole rings is 1. The molecule has 0 saturated heterocycles. The Morgan fingerprint density at radius 1 is 1.21 bits per heavy atom. The quantitative estimate of drug-likeness (QED) is 0.765. The molecule has 0 spiro atoms. The van der Waals surface area contributed by atoms with Gasteiger partial charge in [-0.1, -0.05) is 44.2 Å². The van der Waals surface area contributed by atoms with Crippen molar-refractivity contribution >= 4 is 11.3 Å². The highest BCUT2D eigenvalue weighted by molar-refractivity contribution is 7.09. The van der Waals surface area contributed by atoms with Gasteiger partial charge in [-0.25, -0.2) is 9.67 Å². The summed E-state index contributed by atoms with van der Waals surface area (Å²) in [6.07, 6.45) is 1.97. The molecule has 2 heterocycles. The number of aromatic nitrogens is 4. The van der Waals surface area contributed by atoms with E-state index < -0.39 is 0 Å². The van der Waals surface area contributed by atoms with Crippen LogP contribution >= 0.6 is 11.3 Å². The van der Waals surface area contributed by atoms with Gasteiger partial charge in [-0.15, -0.1) is 16.4 Å². The van der Waals surface area contributed by atoms with Crippen molar-refractivity contribution in [1.29, 1.82) is 0 Å². The van der Waals surface area contributed by atoms with Crippen LogP contribution < -0.4 is 5.32 Å². The van der Waals surface area contributed by atoms with Crippen molar-refractivity contribution in [3.05, 3.63) is 58.3 Å². The minimum absolute atomic E-state index is 0.0960. The number of rotatable bonds is 5. The van der Waals surface area contributed by atoms with Crippen molar-refractivity contribution in [3.8, 4) is 5.69 Å². The van der Waals surface area contributed by atoms with Gasteiger partial charge in [-0.2, -0.15) is 0 Å². The Hall–Kier alpha value is -2.05. The smallest absolute Gasteiger partial charge is 0.107 e. The molecular weight excluding hydrogens is 318 g/mol. The molecule has 3 aromatic rings. The predicted molar refractivity (Wildman–Crippen MR) is 97.4 cm³/mol. The lowest BCUT2D eigenvalue weighted by Crippen LogP contribution is -2.19. The van der Waals surface area contributed by atoms with Crippen molar-refractivity contribution in [2.24, 2.45) is 0 Å². The van der Waals surface area contributed by atoms with E-state index in [9.17, 15) is 0 Å². The number of hydrogen-bond donors (Lipinski definition) is 1. The van der Waals surface area contributed by atoms with Gasteiger partial charge >= 0.3 is 0 Å². The standard InChI is InChI=1S/C18H23N5S/c1-13(19-10-17-20-16(12-24-17)18(2,3)4)15-11-23(22-21-15)14-8-6-5-7-9-14/h5-9,11-13,19H,10H2,1-4H3/t13-/m1/s1. The fourth-order valence-corrected chi connectivity index (χ4v) is 3.24. The average molecular weight is 341 g/mol. The fourth-order valence-electron chi connectivity index (χ4n) is 2.26. The molecule has 1 atom stereocenters. The largest absolute Gasteiger partial charge is 0.302 e. The summed E-state index contributed by atoms with van der Waals surface area (Å²) in [7, 11) is 0. The maximum Gasteiger partial charge on any atom is 0.107 e. The third-order valence-electron chi connectivity index (χ3n) is 3.86. The molecule has 6 heteroatoms. The van der Waals surface area contributed by atoms with Crippen LogP contribution in [-0.4, -0.2) is 20.0 Å². The third-order valence-corrected chi connectivity index (χ3v) is 4.70. The molecule has 1 aromatic carbocycles. The Balaban J connectivity index is 1.62. The summed E-state index contributed by atoms with van der Waals surface area (Å²) in [5, 5.41) is 15.2. The molecule has 3 rings (SSSR count). The van der Waals surface area contributed by atoms with Crippen molar-refractivity contribution in [2.45, 2.75) is 45.7 Å². The van der Waals surface area contributed by atoms with Gasteiger partial charge in [0.25, 0.3) is 0 Å². The second-order valence-electron chi connectivity index (χ2n) is 6.90. The molecule has 0 amide bonds. The topological polar surface area (TPSA) is 55.6 Å². The average Bonchev–Trinajstić information content (AvgIpc) is 3.22. The lowest BCUT2D eigenvalue weighted by Gasteiger charge is -2.14. The summed E-state index contributed by atoms with van der Waals surface area (Å²) in [6, 6.07) is 10.1. The minimum atomic E-state index is 0.0960. The number of benzene rings is 1. The summed E-state index contributed by atoms with van der Waals surface area (Å²) >= 11 is 1.70. The molecule has 5 nitrogen and oxygen atoms in total. The molecule has 126 valence electrons. The molecule has 0 aliphatic carbocycles. The molecule has 0 aliphatic rings. The van der Waals surface area contributed by atoms with Crippen LogP contribution in [0.5, 0.6) is 0 Å². The first kappa shape index (κ1) is 16.8. The molecule has 0 fully saturated rings. The Kier molecular flexibility index (Phi) is 4.78. The van der Waals surface area contributed by atoms with Gasteiger partial charge in [0.15, 0.2) is 0 Å². The highest BCUT2D eigenvalue weighted by Crippen LogP contribution is 2.24. The van der Waals surface area contributed by atoms with Gasteiger partial charge in [0.1, 0.15) is 5.01 Å². The SMILES string of the molecule is C[C@@H](NCc1nc(C(C)(C)C)cs1)c1cn(-c2ccccc2)nn1. The van der Waals surface area contributed by atoms with E-state index in [0.717, 1.165) is 28.6 Å². The normalized spacial score (nSPS) is 13.2. The Morgan fingerprint density at radius 3 is 2.62 bits per heavy atom. The zero-order chi connectivity index (χ0) is 17.2. The maximum absolute atomic E-state index is 4.71. The van der Waals surface area contributed by atoms with Crippen LogP contribution in [0, 0.1) is 0 Å². The molecule has 0 bridgehead atoms. The van der Waals surface area contributed by atoms with Crippen molar-refractivity contribution in [3.63, 3.8) is 0 Å². The second-order valence-corrected chi connectivity index (χ2v) is 7.85. The van der Waals surface area contributed by atoms with Crippen molar-refractivity contribution in [2.75, 3.05) is 0 Å². The zero-order valence-corrected chi connectivity index (χ0v) is 15.3. The zero-order valence-electron chi connectivity index (χ0n) is 14.5. The maximum atomic E-state index is 4.71. The van der Waals surface area contributed by atoms with E-state index >= 15 is 0 Å². The van der Waals surface area contributed by atoms with Crippen LogP contribution in [0.1, 0.15) is 50.1 Å². The van der Waals surface area contributed by atoms with Crippen LogP contribution in [0.2, 0.25) is 0 Å². The summed E-state index contributed by atoms with van der Waals surface area (Å²) < 4.78 is 1.80. The molecule has 0 aliphatic heterocycles. The number of nitrogens with zero attached hydrogens (tertiary/aromatic N) is 4. The van der Waals surface area contributed by atoms with Gasteiger partial charge in [-0.3, -0.25) is 0 Å². The van der Waals surface area contributed by atoms with Gasteiger partial charge in [0, 0.05) is 17.3 Å². The van der Waals surface area contributed by atoms with Crippen LogP contribution in [0.15, 0.2) is 41.9 Å². The Morgan fingerprint density at radius 2 is 1.96 bits per heavy atom. The lowest BCUT2D eigenvalue weighted by atomic mass is 9.93. The van der Waals surface area contributed by atoms with E-state index in [4.69, 9.17) is 4.98 Å². The summed E-state index contributed by atoms with van der Waals surface area (Å²) in [6.45, 7) is 9.38. The van der Waals surface area contributed by atoms with E-state index in [0.29, 0.717) is 0 Å². The van der Waals surface area contributed by atoms with Crippen LogP contribution in [0.3, 0.4) is 0 Å². The summed E-state index contributed by atoms with van der Waals surface area (Å²) in [5.74, 6) is 0. The highest BCUT2D eigenvalue weighted by atomic mass is 32.1. The minimum Gasteiger partial charge on any atom is -0.302 e. The second kappa shape index (κ2) is 6.83. The number of hydrogen-bond acceptors (Lipinski definition) is 5. The number of nitrogens with one attached hydrogen (secondary N) is 1. The lowest BCUT2D eigenvalue weighted by molar-refractivity contribution is 0.547. The van der Waals surface area contributed by atoms with Gasteiger partial charge in [0.05, 0.1) is 29.3 Å². The van der Waals surface area contributed by atoms with E-state index in [1.807, 2.05) is 36.5 Å². The summed E-state index contributed by atoms with van der Waals surface area (Å²) in [4.78, 5) is 4.71. The molecule has 0 saturated carbocycles. The molecule has 0 unspecified atom stereocenters. The van der Waals surface area contributed by atoms with Crippen molar-refractivity contribution < 1.29 is 0 Å². The number of para-hydroxylation sites is 1. The molecule has 0 radical (unpaired) electrons. The third kappa shape index (κ3) is 3.88. The fraction of sp³-hybridized carbons (Fsp3) is 0.389. The van der Waals surface area contributed by atoms with Crippen LogP contribution in [-0.2, 0) is 12.0 Å². The monoisotopic (exact) mass is 341 g/mol. The van der Waals surface area contributed by atoms with Crippen LogP contribution in [0.25, 0.3) is 5.69 Å². The van der Waals surface area contributed by atoms with Crippen LogP contribution in [0.4, 0.5) is 0 Å². The Labute approximate surface area is 146 Å². The molecular formula is C18H23N5S. The molecule has 1 N–H and O–H groups in total. The first-order valence-corrected chi connectivity index (χ1v) is 8.97. The van der Waals surface area contributed by atoms with Crippen molar-refractivity contribution in [1.82, 2.24) is 25.3 Å². The predicted octanol–water partition coefficient (Wildman–Crippen LogP) is 3.87. The van der Waals surface area contributed by atoms with E-state index in [2.05, 4.69) is 48.7 Å². The first-order chi connectivity index (χ1) is 11.4. The van der Waals surface area contributed by atoms with E-state index in [1.165, 1.54) is 0 Å². The van der Waals surface area contributed by atoms with Gasteiger partial charge in [0.2, 0.25) is 0 Å². The van der Waals surface area contributed by atoms with Gasteiger partial charge < -0.3 is 5.32 Å². The van der Waals surface area contributed by atoms with E-state index in [1.54, 1.807) is 16.0 Å². The first-order valence-electron chi connectivity index (χ1n) is 8.09. The van der Waals surface area contributed by atoms with Gasteiger partial charge in [-0.05, 0) is 19.1 Å². The summed E-state index contributed by atoms with van der Waals surface area (Å²) in [5.41, 5.74) is 3.18. The Bertz CT molecular complexity index is 785.